The Hall–Kier alpha value is -3.40. The van der Waals surface area contributed by atoms with Gasteiger partial charge in [0, 0.05) is 13.1 Å². The molecule has 1 saturated heterocycles. The van der Waals surface area contributed by atoms with Crippen molar-refractivity contribution in [2.45, 2.75) is 31.5 Å². The summed E-state index contributed by atoms with van der Waals surface area (Å²) in [6, 6.07) is 13.2. The number of amides is 3. The summed E-state index contributed by atoms with van der Waals surface area (Å²) in [4.78, 5) is 45.7. The van der Waals surface area contributed by atoms with Gasteiger partial charge in [-0.2, -0.15) is 0 Å². The van der Waals surface area contributed by atoms with Crippen LogP contribution in [0.4, 0.5) is 0 Å². The number of aliphatic hydroxyl groups excluding tert-OH is 1. The van der Waals surface area contributed by atoms with Gasteiger partial charge in [-0.15, -0.1) is 11.3 Å². The van der Waals surface area contributed by atoms with Crippen LogP contribution < -0.4 is 10.6 Å². The van der Waals surface area contributed by atoms with Crippen LogP contribution in [0.2, 0.25) is 0 Å². The fourth-order valence-electron chi connectivity index (χ4n) is 4.52. The van der Waals surface area contributed by atoms with Crippen LogP contribution in [0.1, 0.15) is 44.4 Å². The summed E-state index contributed by atoms with van der Waals surface area (Å²) in [5.41, 5.74) is 5.19. The number of aryl methyl sites for hydroxylation is 1. The molecule has 3 amide bonds. The lowest BCUT2D eigenvalue weighted by molar-refractivity contribution is -0.123. The summed E-state index contributed by atoms with van der Waals surface area (Å²) < 4.78 is 0. The third-order valence-corrected chi connectivity index (χ3v) is 7.31. The monoisotopic (exact) mass is 476 g/mol. The molecule has 8 nitrogen and oxygen atoms in total. The maximum Gasteiger partial charge on any atom is 0.262 e. The zero-order valence-corrected chi connectivity index (χ0v) is 19.3. The van der Waals surface area contributed by atoms with Crippen molar-refractivity contribution in [3.8, 4) is 10.4 Å². The normalized spacial score (nSPS) is 20.5. The number of rotatable bonds is 6. The lowest BCUT2D eigenvalue weighted by Crippen LogP contribution is -2.45. The van der Waals surface area contributed by atoms with E-state index in [0.29, 0.717) is 24.1 Å². The van der Waals surface area contributed by atoms with Gasteiger partial charge in [0.05, 0.1) is 45.4 Å². The largest absolute Gasteiger partial charge is 0.392 e. The Labute approximate surface area is 200 Å². The minimum atomic E-state index is -0.681. The molecule has 0 aliphatic carbocycles. The number of thiazole rings is 1. The van der Waals surface area contributed by atoms with E-state index in [1.807, 2.05) is 31.2 Å². The quantitative estimate of drug-likeness (QED) is 0.471. The van der Waals surface area contributed by atoms with E-state index < -0.39 is 18.2 Å². The average Bonchev–Trinajstić information content (AvgIpc) is 3.54. The Kier molecular flexibility index (Phi) is 5.99. The molecule has 0 bridgehead atoms. The fourth-order valence-corrected chi connectivity index (χ4v) is 5.33. The standard InChI is InChI=1S/C25H24N4O4S/c1-14-22(34-13-28-14)16-8-6-15(7-9-16)21(12-27-23(31)20-10-17(30)11-26-20)29-24(32)18-4-2-3-5-19(18)25(29)33/h2-9,13,17,20-21,26,30H,10-12H2,1H3,(H,27,31). The lowest BCUT2D eigenvalue weighted by atomic mass is 10.0. The molecule has 3 atom stereocenters. The van der Waals surface area contributed by atoms with E-state index in [1.165, 1.54) is 4.90 Å². The molecule has 0 spiro atoms. The molecule has 5 rings (SSSR count). The van der Waals surface area contributed by atoms with Gasteiger partial charge in [-0.1, -0.05) is 36.4 Å². The third kappa shape index (κ3) is 4.02. The van der Waals surface area contributed by atoms with E-state index in [9.17, 15) is 19.5 Å². The second-order valence-corrected chi connectivity index (χ2v) is 9.38. The van der Waals surface area contributed by atoms with Gasteiger partial charge in [0.1, 0.15) is 0 Å². The van der Waals surface area contributed by atoms with Crippen molar-refractivity contribution in [1.82, 2.24) is 20.5 Å². The number of carbonyl (C=O) groups is 3. The Morgan fingerprint density at radius 2 is 1.85 bits per heavy atom. The van der Waals surface area contributed by atoms with Crippen LogP contribution in [-0.4, -0.2) is 57.9 Å². The second kappa shape index (κ2) is 9.09. The van der Waals surface area contributed by atoms with Gasteiger partial charge in [0.25, 0.3) is 11.8 Å². The van der Waals surface area contributed by atoms with Crippen LogP contribution in [0.3, 0.4) is 0 Å². The van der Waals surface area contributed by atoms with Crippen LogP contribution in [0.5, 0.6) is 0 Å². The third-order valence-electron chi connectivity index (χ3n) is 6.33. The van der Waals surface area contributed by atoms with E-state index in [4.69, 9.17) is 0 Å². The predicted molar refractivity (Wildman–Crippen MR) is 127 cm³/mol. The zero-order chi connectivity index (χ0) is 23.8. The first-order chi connectivity index (χ1) is 16.4. The molecule has 3 N–H and O–H groups in total. The molecule has 3 aromatic rings. The van der Waals surface area contributed by atoms with Gasteiger partial charge in [0.15, 0.2) is 0 Å². The summed E-state index contributed by atoms with van der Waals surface area (Å²) in [6.07, 6.45) is -0.239. The first kappa shape index (κ1) is 22.4. The molecular formula is C25H24N4O4S. The number of carbonyl (C=O) groups excluding carboxylic acids is 3. The van der Waals surface area contributed by atoms with Crippen molar-refractivity contribution in [1.29, 1.82) is 0 Å². The number of benzene rings is 2. The molecule has 0 saturated carbocycles. The Bertz CT molecular complexity index is 1220. The predicted octanol–water partition coefficient (Wildman–Crippen LogP) is 2.29. The van der Waals surface area contributed by atoms with Crippen molar-refractivity contribution in [2.24, 2.45) is 0 Å². The van der Waals surface area contributed by atoms with E-state index in [-0.39, 0.29) is 24.3 Å². The maximum absolute atomic E-state index is 13.2. The molecule has 0 radical (unpaired) electrons. The van der Waals surface area contributed by atoms with Gasteiger partial charge in [-0.3, -0.25) is 19.3 Å². The molecule has 3 heterocycles. The number of β-amino-alcohol motifs (C(OH)–C–C–N with tert-alkyl or cyclic N) is 1. The van der Waals surface area contributed by atoms with Crippen molar-refractivity contribution in [2.75, 3.05) is 13.1 Å². The highest BCUT2D eigenvalue weighted by molar-refractivity contribution is 7.13. The van der Waals surface area contributed by atoms with Crippen LogP contribution in [0.25, 0.3) is 10.4 Å². The number of fused-ring (bicyclic) bond motifs is 1. The van der Waals surface area contributed by atoms with Crippen LogP contribution in [0.15, 0.2) is 54.0 Å². The maximum atomic E-state index is 13.2. The zero-order valence-electron chi connectivity index (χ0n) is 18.5. The number of aromatic nitrogens is 1. The number of hydrogen-bond acceptors (Lipinski definition) is 7. The second-order valence-electron chi connectivity index (χ2n) is 8.53. The minimum absolute atomic E-state index is 0.0670. The molecule has 1 aromatic heterocycles. The van der Waals surface area contributed by atoms with E-state index in [0.717, 1.165) is 21.7 Å². The van der Waals surface area contributed by atoms with Crippen LogP contribution in [0, 0.1) is 6.92 Å². The molecule has 9 heteroatoms. The topological polar surface area (TPSA) is 112 Å². The lowest BCUT2D eigenvalue weighted by Gasteiger charge is -2.27. The van der Waals surface area contributed by atoms with Gasteiger partial charge < -0.3 is 15.7 Å². The van der Waals surface area contributed by atoms with Gasteiger partial charge in [0.2, 0.25) is 5.91 Å². The molecule has 2 aromatic carbocycles. The van der Waals surface area contributed by atoms with E-state index >= 15 is 0 Å². The molecular weight excluding hydrogens is 452 g/mol. The highest BCUT2D eigenvalue weighted by Gasteiger charge is 2.41. The highest BCUT2D eigenvalue weighted by atomic mass is 32.1. The van der Waals surface area contributed by atoms with Crippen molar-refractivity contribution in [3.63, 3.8) is 0 Å². The molecule has 2 aliphatic heterocycles. The molecule has 2 aliphatic rings. The first-order valence-corrected chi connectivity index (χ1v) is 12.0. The van der Waals surface area contributed by atoms with Crippen LogP contribution >= 0.6 is 11.3 Å². The van der Waals surface area contributed by atoms with E-state index in [2.05, 4.69) is 15.6 Å². The van der Waals surface area contributed by atoms with Crippen molar-refractivity contribution >= 4 is 29.1 Å². The van der Waals surface area contributed by atoms with Crippen molar-refractivity contribution in [3.05, 3.63) is 76.4 Å². The summed E-state index contributed by atoms with van der Waals surface area (Å²) in [5, 5.41) is 15.6. The fraction of sp³-hybridized carbons (Fsp3) is 0.280. The number of aliphatic hydroxyl groups is 1. The van der Waals surface area contributed by atoms with Crippen molar-refractivity contribution < 1.29 is 19.5 Å². The van der Waals surface area contributed by atoms with Gasteiger partial charge in [-0.05, 0) is 36.6 Å². The molecule has 34 heavy (non-hydrogen) atoms. The van der Waals surface area contributed by atoms with Gasteiger partial charge in [-0.25, -0.2) is 4.98 Å². The summed E-state index contributed by atoms with van der Waals surface area (Å²) in [7, 11) is 0. The number of hydrogen-bond donors (Lipinski definition) is 3. The average molecular weight is 477 g/mol. The van der Waals surface area contributed by atoms with Crippen LogP contribution in [-0.2, 0) is 4.79 Å². The van der Waals surface area contributed by atoms with E-state index in [1.54, 1.807) is 41.1 Å². The van der Waals surface area contributed by atoms with Gasteiger partial charge >= 0.3 is 0 Å². The summed E-state index contributed by atoms with van der Waals surface area (Å²) >= 11 is 1.55. The SMILES string of the molecule is Cc1ncsc1-c1ccc(C(CNC(=O)C2CC(O)CN2)N2C(=O)c3ccccc3C2=O)cc1. The number of nitrogens with zero attached hydrogens (tertiary/aromatic N) is 2. The molecule has 1 fully saturated rings. The minimum Gasteiger partial charge on any atom is -0.392 e. The molecule has 174 valence electrons. The smallest absolute Gasteiger partial charge is 0.262 e. The summed E-state index contributed by atoms with van der Waals surface area (Å²) in [6.45, 7) is 2.38. The number of nitrogens with one attached hydrogen (secondary N) is 2. The summed E-state index contributed by atoms with van der Waals surface area (Å²) in [5.74, 6) is -1.02. The molecule has 3 unspecified atom stereocenters. The Morgan fingerprint density at radius 3 is 2.41 bits per heavy atom. The highest BCUT2D eigenvalue weighted by Crippen LogP contribution is 2.33. The first-order valence-electron chi connectivity index (χ1n) is 11.1. The Morgan fingerprint density at radius 1 is 1.18 bits per heavy atom. The number of imide groups is 1. The Balaban J connectivity index is 1.44.